The van der Waals surface area contributed by atoms with Gasteiger partial charge in [0.2, 0.25) is 0 Å². The van der Waals surface area contributed by atoms with Crippen molar-refractivity contribution in [2.75, 3.05) is 0 Å². The van der Waals surface area contributed by atoms with E-state index < -0.39 is 5.56 Å². The number of fused-ring (bicyclic) bond motifs is 1. The first-order valence-corrected chi connectivity index (χ1v) is 11.6. The van der Waals surface area contributed by atoms with Crippen molar-refractivity contribution in [3.8, 4) is 33.5 Å². The monoisotopic (exact) mass is 493 g/mol. The predicted molar refractivity (Wildman–Crippen MR) is 141 cm³/mol. The molecule has 7 heteroatoms. The zero-order valence-electron chi connectivity index (χ0n) is 19.5. The highest BCUT2D eigenvalue weighted by molar-refractivity contribution is 6.36. The van der Waals surface area contributed by atoms with Crippen molar-refractivity contribution in [2.45, 2.75) is 13.8 Å². The highest BCUT2D eigenvalue weighted by Crippen LogP contribution is 2.39. The third-order valence-electron chi connectivity index (χ3n) is 6.33. The summed E-state index contributed by atoms with van der Waals surface area (Å²) in [4.78, 5) is 43.5. The first kappa shape index (κ1) is 23.3. The molecule has 6 nitrogen and oxygen atoms in total. The van der Waals surface area contributed by atoms with Gasteiger partial charge in [0, 0.05) is 34.8 Å². The van der Waals surface area contributed by atoms with E-state index in [4.69, 9.17) is 11.6 Å². The third kappa shape index (κ3) is 3.91. The summed E-state index contributed by atoms with van der Waals surface area (Å²) in [5, 5.41) is 0.566. The van der Waals surface area contributed by atoms with Crippen LogP contribution in [0.4, 0.5) is 0 Å². The van der Waals surface area contributed by atoms with Crippen LogP contribution in [-0.2, 0) is 0 Å². The van der Waals surface area contributed by atoms with Gasteiger partial charge in [0.1, 0.15) is 5.65 Å². The van der Waals surface area contributed by atoms with Gasteiger partial charge in [0.25, 0.3) is 5.56 Å². The Morgan fingerprint density at radius 3 is 2.25 bits per heavy atom. The van der Waals surface area contributed by atoms with E-state index in [9.17, 15) is 14.4 Å². The van der Waals surface area contributed by atoms with Crippen LogP contribution in [0.15, 0.2) is 77.9 Å². The summed E-state index contributed by atoms with van der Waals surface area (Å²) in [6.07, 6.45) is 4.22. The van der Waals surface area contributed by atoms with Crippen molar-refractivity contribution in [1.29, 1.82) is 0 Å². The minimum absolute atomic E-state index is 0.0124. The van der Waals surface area contributed by atoms with E-state index in [1.807, 2.05) is 55.5 Å². The minimum Gasteiger partial charge on any atom is -0.298 e. The Morgan fingerprint density at radius 2 is 1.53 bits per heavy atom. The first-order valence-electron chi connectivity index (χ1n) is 11.2. The van der Waals surface area contributed by atoms with Crippen LogP contribution in [0.25, 0.3) is 39.2 Å². The molecular formula is C29H20ClN3O3. The Labute approximate surface area is 211 Å². The highest BCUT2D eigenvalue weighted by atomic mass is 35.5. The number of pyridine rings is 2. The Morgan fingerprint density at radius 1 is 0.833 bits per heavy atom. The van der Waals surface area contributed by atoms with Crippen LogP contribution >= 0.6 is 11.6 Å². The molecule has 0 amide bonds. The third-order valence-corrected chi connectivity index (χ3v) is 6.73. The maximum absolute atomic E-state index is 12.4. The molecule has 3 aromatic heterocycles. The average Bonchev–Trinajstić information content (AvgIpc) is 2.89. The molecule has 0 saturated heterocycles. The van der Waals surface area contributed by atoms with Crippen molar-refractivity contribution < 1.29 is 9.59 Å². The number of benzene rings is 2. The van der Waals surface area contributed by atoms with Crippen molar-refractivity contribution in [3.63, 3.8) is 0 Å². The van der Waals surface area contributed by atoms with Crippen LogP contribution in [0.3, 0.4) is 0 Å². The van der Waals surface area contributed by atoms with Gasteiger partial charge < -0.3 is 0 Å². The van der Waals surface area contributed by atoms with E-state index in [0.29, 0.717) is 33.9 Å². The maximum atomic E-state index is 12.4. The molecule has 176 valence electrons. The predicted octanol–water partition coefficient (Wildman–Crippen LogP) is 5.99. The maximum Gasteiger partial charge on any atom is 0.268 e. The van der Waals surface area contributed by atoms with Gasteiger partial charge in [-0.25, -0.2) is 4.98 Å². The van der Waals surface area contributed by atoms with E-state index in [0.717, 1.165) is 39.7 Å². The molecule has 0 aliphatic heterocycles. The van der Waals surface area contributed by atoms with E-state index in [1.54, 1.807) is 25.3 Å². The normalized spacial score (nSPS) is 11.0. The lowest BCUT2D eigenvalue weighted by Gasteiger charge is -2.15. The van der Waals surface area contributed by atoms with Crippen molar-refractivity contribution in [1.82, 2.24) is 14.4 Å². The summed E-state index contributed by atoms with van der Waals surface area (Å²) in [5.41, 5.74) is 7.40. The zero-order chi connectivity index (χ0) is 25.4. The fraction of sp³-hybridized carbons (Fsp3) is 0.0690. The van der Waals surface area contributed by atoms with Gasteiger partial charge in [-0.15, -0.1) is 0 Å². The second-order valence-electron chi connectivity index (χ2n) is 8.41. The van der Waals surface area contributed by atoms with Crippen LogP contribution in [0.1, 0.15) is 32.0 Å². The second kappa shape index (κ2) is 9.32. The molecule has 0 radical (unpaired) electrons. The molecule has 0 aliphatic rings. The van der Waals surface area contributed by atoms with E-state index in [-0.39, 0.29) is 5.56 Å². The number of halogens is 1. The van der Waals surface area contributed by atoms with Gasteiger partial charge in [-0.2, -0.15) is 0 Å². The van der Waals surface area contributed by atoms with Crippen molar-refractivity contribution >= 4 is 29.8 Å². The topological polar surface area (TPSA) is 81.4 Å². The Balaban J connectivity index is 1.62. The number of nitrogens with zero attached hydrogens (tertiary/aromatic N) is 3. The Hall–Kier alpha value is -4.42. The molecule has 0 fully saturated rings. The summed E-state index contributed by atoms with van der Waals surface area (Å²) in [5.74, 6) is 0. The zero-order valence-corrected chi connectivity index (χ0v) is 20.3. The highest BCUT2D eigenvalue weighted by Gasteiger charge is 2.16. The van der Waals surface area contributed by atoms with E-state index >= 15 is 0 Å². The Kier molecular flexibility index (Phi) is 6.04. The van der Waals surface area contributed by atoms with E-state index in [2.05, 4.69) is 9.97 Å². The molecular weight excluding hydrogens is 474 g/mol. The summed E-state index contributed by atoms with van der Waals surface area (Å²) >= 11 is 6.91. The average molecular weight is 494 g/mol. The molecule has 0 saturated carbocycles. The lowest BCUT2D eigenvalue weighted by molar-refractivity contribution is 0.111. The smallest absolute Gasteiger partial charge is 0.268 e. The molecule has 0 spiro atoms. The Bertz CT molecular complexity index is 1740. The summed E-state index contributed by atoms with van der Waals surface area (Å²) in [6.45, 7) is 3.82. The minimum atomic E-state index is -0.402. The SMILES string of the molecule is Cc1nc(-c2cccc(-c3cccc(-c4ccn5c(=O)c(C=O)cnc5c4)c3C)c2Cl)ccc1C=O. The van der Waals surface area contributed by atoms with Gasteiger partial charge in [-0.3, -0.25) is 23.8 Å². The van der Waals surface area contributed by atoms with Crippen LogP contribution in [0.2, 0.25) is 5.02 Å². The molecule has 3 heterocycles. The second-order valence-corrected chi connectivity index (χ2v) is 8.79. The van der Waals surface area contributed by atoms with Crippen LogP contribution < -0.4 is 5.56 Å². The standard InChI is InChI=1S/C29H20ClN3O3/c1-17-22(19-11-12-33-27(13-19)31-14-21(16-35)29(33)36)5-3-6-23(17)24-7-4-8-25(28(24)30)26-10-9-20(15-34)18(2)32-26/h3-16H,1-2H3. The van der Waals surface area contributed by atoms with Crippen LogP contribution in [0, 0.1) is 13.8 Å². The van der Waals surface area contributed by atoms with Crippen molar-refractivity contribution in [2.24, 2.45) is 0 Å². The number of carbonyl (C=O) groups excluding carboxylic acids is 2. The van der Waals surface area contributed by atoms with Gasteiger partial charge in [0.05, 0.1) is 16.3 Å². The number of aldehydes is 2. The molecule has 0 atom stereocenters. The number of hydrogen-bond donors (Lipinski definition) is 0. The molecule has 2 aromatic carbocycles. The number of rotatable bonds is 5. The molecule has 0 N–H and O–H groups in total. The molecule has 0 bridgehead atoms. The molecule has 36 heavy (non-hydrogen) atoms. The number of aryl methyl sites for hydroxylation is 1. The van der Waals surface area contributed by atoms with Gasteiger partial charge in [-0.05, 0) is 60.4 Å². The quantitative estimate of drug-likeness (QED) is 0.281. The number of carbonyl (C=O) groups is 2. The van der Waals surface area contributed by atoms with Crippen LogP contribution in [-0.4, -0.2) is 26.9 Å². The summed E-state index contributed by atoms with van der Waals surface area (Å²) in [7, 11) is 0. The fourth-order valence-electron chi connectivity index (χ4n) is 4.36. The number of hydrogen-bond acceptors (Lipinski definition) is 5. The number of aromatic nitrogens is 3. The molecule has 0 aliphatic carbocycles. The van der Waals surface area contributed by atoms with E-state index in [1.165, 1.54) is 10.6 Å². The summed E-state index contributed by atoms with van der Waals surface area (Å²) in [6, 6.07) is 19.0. The van der Waals surface area contributed by atoms with Crippen LogP contribution in [0.5, 0.6) is 0 Å². The first-order chi connectivity index (χ1) is 17.4. The van der Waals surface area contributed by atoms with Crippen molar-refractivity contribution in [3.05, 3.63) is 111 Å². The lowest BCUT2D eigenvalue weighted by atomic mass is 9.92. The summed E-state index contributed by atoms with van der Waals surface area (Å²) < 4.78 is 1.36. The fourth-order valence-corrected chi connectivity index (χ4v) is 4.69. The molecule has 5 rings (SSSR count). The largest absolute Gasteiger partial charge is 0.298 e. The molecule has 5 aromatic rings. The van der Waals surface area contributed by atoms with Gasteiger partial charge in [0.15, 0.2) is 12.6 Å². The molecule has 0 unspecified atom stereocenters. The van der Waals surface area contributed by atoms with Gasteiger partial charge >= 0.3 is 0 Å². The lowest BCUT2D eigenvalue weighted by Crippen LogP contribution is -2.18. The van der Waals surface area contributed by atoms with Gasteiger partial charge in [-0.1, -0.05) is 48.0 Å².